The van der Waals surface area contributed by atoms with Crippen LogP contribution < -0.4 is 0 Å². The number of halogens is 2. The third-order valence-corrected chi connectivity index (χ3v) is 3.48. The van der Waals surface area contributed by atoms with Crippen LogP contribution in [0.15, 0.2) is 22.7 Å². The predicted molar refractivity (Wildman–Crippen MR) is 66.7 cm³/mol. The Balaban J connectivity index is 2.64. The highest BCUT2D eigenvalue weighted by Crippen LogP contribution is 2.24. The van der Waals surface area contributed by atoms with E-state index in [1.807, 2.05) is 0 Å². The summed E-state index contributed by atoms with van der Waals surface area (Å²) in [5.41, 5.74) is 0.376. The van der Waals surface area contributed by atoms with Crippen LogP contribution in [0.25, 0.3) is 0 Å². The molecule has 0 aliphatic rings. The van der Waals surface area contributed by atoms with Crippen molar-refractivity contribution in [2.45, 2.75) is 19.4 Å². The van der Waals surface area contributed by atoms with E-state index in [1.54, 1.807) is 23.9 Å². The van der Waals surface area contributed by atoms with Crippen LogP contribution in [0.5, 0.6) is 0 Å². The van der Waals surface area contributed by atoms with Gasteiger partial charge in [-0.3, -0.25) is 0 Å². The summed E-state index contributed by atoms with van der Waals surface area (Å²) in [6, 6.07) is 4.64. The first kappa shape index (κ1) is 13.0. The molecule has 0 saturated carbocycles. The minimum Gasteiger partial charge on any atom is -0.388 e. The van der Waals surface area contributed by atoms with Crippen molar-refractivity contribution in [2.75, 3.05) is 11.5 Å². The lowest BCUT2D eigenvalue weighted by atomic mass is 10.1. The van der Waals surface area contributed by atoms with Crippen LogP contribution in [0.4, 0.5) is 4.39 Å². The summed E-state index contributed by atoms with van der Waals surface area (Å²) in [6.45, 7) is 2.07. The molecular weight excluding hydrogens is 279 g/mol. The molecule has 4 heteroatoms. The lowest BCUT2D eigenvalue weighted by molar-refractivity contribution is 0.170. The number of aliphatic hydroxyl groups excluding tert-OH is 1. The molecule has 0 bridgehead atoms. The van der Waals surface area contributed by atoms with E-state index < -0.39 is 6.10 Å². The molecule has 15 heavy (non-hydrogen) atoms. The summed E-state index contributed by atoms with van der Waals surface area (Å²) >= 11 is 5.01. The Kier molecular flexibility index (Phi) is 5.64. The van der Waals surface area contributed by atoms with E-state index in [0.717, 1.165) is 16.0 Å². The Labute approximate surface area is 102 Å². The summed E-state index contributed by atoms with van der Waals surface area (Å²) < 4.78 is 14.1. The van der Waals surface area contributed by atoms with Gasteiger partial charge in [0, 0.05) is 10.0 Å². The van der Waals surface area contributed by atoms with Gasteiger partial charge in [-0.15, -0.1) is 0 Å². The van der Waals surface area contributed by atoms with Crippen molar-refractivity contribution >= 4 is 27.7 Å². The van der Waals surface area contributed by atoms with Crippen molar-refractivity contribution in [2.24, 2.45) is 0 Å². The number of hydrogen-bond acceptors (Lipinski definition) is 2. The number of thioether (sulfide) groups is 1. The summed E-state index contributed by atoms with van der Waals surface area (Å²) in [4.78, 5) is 0. The fourth-order valence-electron chi connectivity index (χ4n) is 1.26. The predicted octanol–water partition coefficient (Wildman–Crippen LogP) is 3.76. The summed E-state index contributed by atoms with van der Waals surface area (Å²) in [5, 5.41) is 9.78. The van der Waals surface area contributed by atoms with E-state index in [2.05, 4.69) is 22.9 Å². The summed E-state index contributed by atoms with van der Waals surface area (Å²) in [5.74, 6) is 1.53. The molecular formula is C11H14BrFOS. The fourth-order valence-corrected chi connectivity index (χ4v) is 2.32. The molecule has 0 aliphatic heterocycles. The average molecular weight is 293 g/mol. The molecule has 1 rings (SSSR count). The van der Waals surface area contributed by atoms with Crippen molar-refractivity contribution in [1.29, 1.82) is 0 Å². The van der Waals surface area contributed by atoms with Gasteiger partial charge in [0.25, 0.3) is 0 Å². The van der Waals surface area contributed by atoms with Crippen LogP contribution in [-0.2, 0) is 0 Å². The highest BCUT2D eigenvalue weighted by Gasteiger charge is 2.12. The topological polar surface area (TPSA) is 20.2 Å². The van der Waals surface area contributed by atoms with E-state index in [4.69, 9.17) is 0 Å². The Bertz CT molecular complexity index is 319. The van der Waals surface area contributed by atoms with Gasteiger partial charge in [0.15, 0.2) is 0 Å². The molecule has 0 heterocycles. The van der Waals surface area contributed by atoms with Crippen molar-refractivity contribution in [1.82, 2.24) is 0 Å². The van der Waals surface area contributed by atoms with Crippen molar-refractivity contribution < 1.29 is 9.50 Å². The number of aliphatic hydroxyl groups is 1. The zero-order valence-corrected chi connectivity index (χ0v) is 10.9. The molecule has 1 nitrogen and oxygen atoms in total. The third-order valence-electron chi connectivity index (χ3n) is 2.06. The summed E-state index contributed by atoms with van der Waals surface area (Å²) in [6.07, 6.45) is -0.118. The molecule has 1 atom stereocenters. The van der Waals surface area contributed by atoms with E-state index in [9.17, 15) is 9.50 Å². The number of benzene rings is 1. The first-order valence-electron chi connectivity index (χ1n) is 4.86. The molecule has 0 spiro atoms. The first-order chi connectivity index (χ1) is 7.15. The number of hydrogen-bond donors (Lipinski definition) is 1. The SMILES string of the molecule is CCSCCC(O)c1cc(Br)ccc1F. The first-order valence-corrected chi connectivity index (χ1v) is 6.80. The molecule has 0 radical (unpaired) electrons. The quantitative estimate of drug-likeness (QED) is 0.834. The van der Waals surface area contributed by atoms with Crippen molar-refractivity contribution in [3.8, 4) is 0 Å². The van der Waals surface area contributed by atoms with Gasteiger partial charge in [-0.1, -0.05) is 22.9 Å². The van der Waals surface area contributed by atoms with E-state index in [0.29, 0.717) is 12.0 Å². The van der Waals surface area contributed by atoms with Crippen LogP contribution in [-0.4, -0.2) is 16.6 Å². The molecule has 1 aromatic carbocycles. The molecule has 0 aromatic heterocycles. The monoisotopic (exact) mass is 292 g/mol. The maximum atomic E-state index is 13.3. The standard InChI is InChI=1S/C11H14BrFOS/c1-2-15-6-5-11(14)9-7-8(12)3-4-10(9)13/h3-4,7,11,14H,2,5-6H2,1H3. The van der Waals surface area contributed by atoms with Crippen molar-refractivity contribution in [3.05, 3.63) is 34.1 Å². The van der Waals surface area contributed by atoms with E-state index in [1.165, 1.54) is 6.07 Å². The largest absolute Gasteiger partial charge is 0.388 e. The van der Waals surface area contributed by atoms with Crippen LogP contribution in [0, 0.1) is 5.82 Å². The van der Waals surface area contributed by atoms with Gasteiger partial charge in [-0.25, -0.2) is 4.39 Å². The second-order valence-electron chi connectivity index (χ2n) is 3.17. The highest BCUT2D eigenvalue weighted by molar-refractivity contribution is 9.10. The maximum Gasteiger partial charge on any atom is 0.129 e. The van der Waals surface area contributed by atoms with Crippen LogP contribution >= 0.6 is 27.7 Å². The lowest BCUT2D eigenvalue weighted by Crippen LogP contribution is -2.02. The minimum absolute atomic E-state index is 0.341. The third kappa shape index (κ3) is 4.13. The van der Waals surface area contributed by atoms with Gasteiger partial charge in [-0.05, 0) is 36.1 Å². The van der Waals surface area contributed by atoms with Gasteiger partial charge in [0.1, 0.15) is 5.82 Å². The Morgan fingerprint density at radius 1 is 1.53 bits per heavy atom. The van der Waals surface area contributed by atoms with Crippen LogP contribution in [0.2, 0.25) is 0 Å². The molecule has 0 fully saturated rings. The van der Waals surface area contributed by atoms with Crippen molar-refractivity contribution in [3.63, 3.8) is 0 Å². The summed E-state index contributed by atoms with van der Waals surface area (Å²) in [7, 11) is 0. The number of rotatable bonds is 5. The van der Waals surface area contributed by atoms with Gasteiger partial charge in [0.2, 0.25) is 0 Å². The fraction of sp³-hybridized carbons (Fsp3) is 0.455. The maximum absolute atomic E-state index is 13.3. The molecule has 0 amide bonds. The Hall–Kier alpha value is -0.0600. The average Bonchev–Trinajstić information content (AvgIpc) is 2.22. The Morgan fingerprint density at radius 3 is 2.93 bits per heavy atom. The molecule has 1 aromatic rings. The van der Waals surface area contributed by atoms with Gasteiger partial charge >= 0.3 is 0 Å². The second-order valence-corrected chi connectivity index (χ2v) is 5.48. The zero-order chi connectivity index (χ0) is 11.3. The Morgan fingerprint density at radius 2 is 2.27 bits per heavy atom. The van der Waals surface area contributed by atoms with E-state index in [-0.39, 0.29) is 5.82 Å². The molecule has 84 valence electrons. The van der Waals surface area contributed by atoms with Crippen LogP contribution in [0.3, 0.4) is 0 Å². The minimum atomic E-state index is -0.707. The molecule has 1 N–H and O–H groups in total. The second kappa shape index (κ2) is 6.51. The van der Waals surface area contributed by atoms with Gasteiger partial charge in [-0.2, -0.15) is 11.8 Å². The van der Waals surface area contributed by atoms with Gasteiger partial charge < -0.3 is 5.11 Å². The molecule has 1 unspecified atom stereocenters. The molecule has 0 aliphatic carbocycles. The zero-order valence-electron chi connectivity index (χ0n) is 8.54. The normalized spacial score (nSPS) is 12.8. The lowest BCUT2D eigenvalue weighted by Gasteiger charge is -2.11. The van der Waals surface area contributed by atoms with Gasteiger partial charge in [0.05, 0.1) is 6.10 Å². The molecule has 0 saturated heterocycles. The van der Waals surface area contributed by atoms with E-state index >= 15 is 0 Å². The highest BCUT2D eigenvalue weighted by atomic mass is 79.9. The van der Waals surface area contributed by atoms with Crippen LogP contribution in [0.1, 0.15) is 25.0 Å². The smallest absolute Gasteiger partial charge is 0.129 e.